The quantitative estimate of drug-likeness (QED) is 0.481. The van der Waals surface area contributed by atoms with Crippen LogP contribution in [0.2, 0.25) is 0 Å². The Morgan fingerprint density at radius 3 is 3.11 bits per heavy atom. The Kier molecular flexibility index (Phi) is 8.08. The molecule has 0 saturated heterocycles. The van der Waals surface area contributed by atoms with Crippen molar-refractivity contribution in [3.63, 3.8) is 0 Å². The van der Waals surface area contributed by atoms with E-state index < -0.39 is 0 Å². The van der Waals surface area contributed by atoms with Gasteiger partial charge in [-0.3, -0.25) is 4.68 Å². The van der Waals surface area contributed by atoms with E-state index in [0.29, 0.717) is 13.2 Å². The smallest absolute Gasteiger partial charge is 0.164 e. The Balaban J connectivity index is 2.11. The van der Waals surface area contributed by atoms with Crippen molar-refractivity contribution in [1.82, 2.24) is 20.1 Å². The molecule has 0 saturated carbocycles. The fraction of sp³-hybridized carbons (Fsp3) is 0.692. The molecule has 0 bridgehead atoms. The second kappa shape index (κ2) is 9.79. The molecule has 1 aromatic heterocycles. The largest absolute Gasteiger partial charge is 0.383 e. The molecule has 1 aromatic rings. The lowest BCUT2D eigenvalue weighted by atomic mass is 10.2. The molecular formula is C13H24N4O. The Bertz CT molecular complexity index is 325. The molecule has 18 heavy (non-hydrogen) atoms. The molecule has 0 aliphatic carbocycles. The Morgan fingerprint density at radius 2 is 2.33 bits per heavy atom. The molecule has 1 heterocycles. The highest BCUT2D eigenvalue weighted by Crippen LogP contribution is 2.02. The van der Waals surface area contributed by atoms with Crippen molar-refractivity contribution >= 4 is 0 Å². The molecule has 0 amide bonds. The van der Waals surface area contributed by atoms with E-state index in [1.54, 1.807) is 13.4 Å². The number of rotatable bonds is 11. The van der Waals surface area contributed by atoms with E-state index in [1.165, 1.54) is 12.8 Å². The second-order valence-corrected chi connectivity index (χ2v) is 4.23. The number of hydrogen-bond donors (Lipinski definition) is 1. The van der Waals surface area contributed by atoms with E-state index >= 15 is 0 Å². The van der Waals surface area contributed by atoms with Crippen LogP contribution in [0.4, 0.5) is 0 Å². The van der Waals surface area contributed by atoms with Gasteiger partial charge in [0, 0.05) is 20.2 Å². The normalized spacial score (nSPS) is 10.7. The lowest BCUT2D eigenvalue weighted by molar-refractivity contribution is 0.199. The number of ether oxygens (including phenoxy) is 1. The van der Waals surface area contributed by atoms with Gasteiger partial charge >= 0.3 is 0 Å². The van der Waals surface area contributed by atoms with Gasteiger partial charge in [0.15, 0.2) is 5.82 Å². The highest BCUT2D eigenvalue weighted by Gasteiger charge is 2.00. The van der Waals surface area contributed by atoms with Crippen molar-refractivity contribution in [2.45, 2.75) is 38.8 Å². The summed E-state index contributed by atoms with van der Waals surface area (Å²) in [6.45, 7) is 6.90. The Hall–Kier alpha value is -1.20. The summed E-state index contributed by atoms with van der Waals surface area (Å²) in [6, 6.07) is 0. The van der Waals surface area contributed by atoms with E-state index in [-0.39, 0.29) is 0 Å². The fourth-order valence-corrected chi connectivity index (χ4v) is 1.64. The minimum Gasteiger partial charge on any atom is -0.383 e. The molecule has 0 aliphatic rings. The first kappa shape index (κ1) is 14.9. The van der Waals surface area contributed by atoms with Crippen LogP contribution in [-0.4, -0.2) is 35.0 Å². The molecule has 1 rings (SSSR count). The summed E-state index contributed by atoms with van der Waals surface area (Å²) in [7, 11) is 1.70. The maximum Gasteiger partial charge on any atom is 0.164 e. The van der Waals surface area contributed by atoms with Gasteiger partial charge in [-0.25, -0.2) is 4.98 Å². The average molecular weight is 252 g/mol. The summed E-state index contributed by atoms with van der Waals surface area (Å²) in [5.41, 5.74) is 0. The SMILES string of the molecule is C=CCCCCCn1cnc(CNCCOC)n1. The third-order valence-electron chi connectivity index (χ3n) is 2.65. The van der Waals surface area contributed by atoms with Gasteiger partial charge in [-0.15, -0.1) is 6.58 Å². The standard InChI is InChI=1S/C13H24N4O/c1-3-4-5-6-7-9-17-12-15-13(16-17)11-14-8-10-18-2/h3,12,14H,1,4-11H2,2H3. The molecule has 5 nitrogen and oxygen atoms in total. The van der Waals surface area contributed by atoms with Gasteiger partial charge < -0.3 is 10.1 Å². The van der Waals surface area contributed by atoms with Crippen LogP contribution in [0, 0.1) is 0 Å². The summed E-state index contributed by atoms with van der Waals surface area (Å²) >= 11 is 0. The van der Waals surface area contributed by atoms with Gasteiger partial charge in [0.05, 0.1) is 13.2 Å². The first-order valence-electron chi connectivity index (χ1n) is 6.55. The topological polar surface area (TPSA) is 52.0 Å². The molecule has 0 spiro atoms. The predicted octanol–water partition coefficient (Wildman–Crippen LogP) is 1.76. The fourth-order valence-electron chi connectivity index (χ4n) is 1.64. The maximum absolute atomic E-state index is 4.95. The number of hydrogen-bond acceptors (Lipinski definition) is 4. The van der Waals surface area contributed by atoms with Crippen LogP contribution in [-0.2, 0) is 17.8 Å². The molecule has 0 unspecified atom stereocenters. The Morgan fingerprint density at radius 1 is 1.44 bits per heavy atom. The minimum absolute atomic E-state index is 0.701. The van der Waals surface area contributed by atoms with Gasteiger partial charge in [0.1, 0.15) is 6.33 Å². The van der Waals surface area contributed by atoms with Gasteiger partial charge in [-0.05, 0) is 19.3 Å². The van der Waals surface area contributed by atoms with E-state index in [9.17, 15) is 0 Å². The first-order valence-corrected chi connectivity index (χ1v) is 6.55. The number of aryl methyl sites for hydroxylation is 1. The average Bonchev–Trinajstić information content (AvgIpc) is 2.82. The van der Waals surface area contributed by atoms with E-state index in [2.05, 4.69) is 22.0 Å². The summed E-state index contributed by atoms with van der Waals surface area (Å²) in [4.78, 5) is 4.26. The molecular weight excluding hydrogens is 228 g/mol. The second-order valence-electron chi connectivity index (χ2n) is 4.23. The van der Waals surface area contributed by atoms with Crippen molar-refractivity contribution in [2.24, 2.45) is 0 Å². The number of unbranched alkanes of at least 4 members (excludes halogenated alkanes) is 3. The molecule has 5 heteroatoms. The van der Waals surface area contributed by atoms with Gasteiger partial charge in [-0.1, -0.05) is 12.5 Å². The van der Waals surface area contributed by atoms with Crippen molar-refractivity contribution in [3.8, 4) is 0 Å². The molecule has 0 atom stereocenters. The van der Waals surface area contributed by atoms with E-state index in [0.717, 1.165) is 31.8 Å². The molecule has 1 N–H and O–H groups in total. The van der Waals surface area contributed by atoms with E-state index in [1.807, 2.05) is 10.8 Å². The van der Waals surface area contributed by atoms with Crippen molar-refractivity contribution in [2.75, 3.05) is 20.3 Å². The summed E-state index contributed by atoms with van der Waals surface area (Å²) in [5.74, 6) is 0.845. The van der Waals surface area contributed by atoms with Crippen LogP contribution in [0.15, 0.2) is 19.0 Å². The highest BCUT2D eigenvalue weighted by atomic mass is 16.5. The minimum atomic E-state index is 0.701. The number of methoxy groups -OCH3 is 1. The number of aromatic nitrogens is 3. The molecule has 0 radical (unpaired) electrons. The van der Waals surface area contributed by atoms with Crippen molar-refractivity contribution < 1.29 is 4.74 Å². The van der Waals surface area contributed by atoms with Gasteiger partial charge in [0.25, 0.3) is 0 Å². The zero-order valence-corrected chi connectivity index (χ0v) is 11.3. The molecule has 0 fully saturated rings. The Labute approximate surface area is 109 Å². The van der Waals surface area contributed by atoms with Crippen LogP contribution < -0.4 is 5.32 Å². The monoisotopic (exact) mass is 252 g/mol. The molecule has 0 aromatic carbocycles. The summed E-state index contributed by atoms with van der Waals surface area (Å²) < 4.78 is 6.87. The van der Waals surface area contributed by atoms with Crippen LogP contribution in [0.25, 0.3) is 0 Å². The summed E-state index contributed by atoms with van der Waals surface area (Å²) in [5, 5.41) is 7.63. The van der Waals surface area contributed by atoms with Crippen LogP contribution in [0.1, 0.15) is 31.5 Å². The highest BCUT2D eigenvalue weighted by molar-refractivity contribution is 4.80. The predicted molar refractivity (Wildman–Crippen MR) is 72.3 cm³/mol. The van der Waals surface area contributed by atoms with Crippen molar-refractivity contribution in [3.05, 3.63) is 24.8 Å². The van der Waals surface area contributed by atoms with E-state index in [4.69, 9.17) is 4.74 Å². The van der Waals surface area contributed by atoms with Crippen molar-refractivity contribution in [1.29, 1.82) is 0 Å². The maximum atomic E-state index is 4.95. The lowest BCUT2D eigenvalue weighted by Gasteiger charge is -2.01. The summed E-state index contributed by atoms with van der Waals surface area (Å²) in [6.07, 6.45) is 8.46. The zero-order chi connectivity index (χ0) is 13.1. The zero-order valence-electron chi connectivity index (χ0n) is 11.3. The number of nitrogens with one attached hydrogen (secondary N) is 1. The van der Waals surface area contributed by atoms with Crippen LogP contribution in [0.5, 0.6) is 0 Å². The van der Waals surface area contributed by atoms with Gasteiger partial charge in [0.2, 0.25) is 0 Å². The molecule has 0 aliphatic heterocycles. The third kappa shape index (κ3) is 6.51. The third-order valence-corrected chi connectivity index (χ3v) is 2.65. The van der Waals surface area contributed by atoms with Gasteiger partial charge in [-0.2, -0.15) is 5.10 Å². The number of nitrogens with zero attached hydrogens (tertiary/aromatic N) is 3. The van der Waals surface area contributed by atoms with Crippen LogP contribution in [0.3, 0.4) is 0 Å². The number of allylic oxidation sites excluding steroid dienone is 1. The van der Waals surface area contributed by atoms with Crippen LogP contribution >= 0.6 is 0 Å². The first-order chi connectivity index (χ1) is 8.86. The molecule has 102 valence electrons. The lowest BCUT2D eigenvalue weighted by Crippen LogP contribution is -2.19.